The van der Waals surface area contributed by atoms with Crippen molar-refractivity contribution in [1.29, 1.82) is 0 Å². The number of carbonyl (C=O) groups excluding carboxylic acids is 1. The normalized spacial score (nSPS) is 17.6. The Labute approximate surface area is 134 Å². The van der Waals surface area contributed by atoms with Gasteiger partial charge < -0.3 is 20.4 Å². The van der Waals surface area contributed by atoms with E-state index in [2.05, 4.69) is 4.98 Å². The number of nitrogens with two attached hydrogens (primary N) is 1. The van der Waals surface area contributed by atoms with E-state index in [4.69, 9.17) is 10.5 Å². The van der Waals surface area contributed by atoms with Crippen LogP contribution in [-0.2, 0) is 9.53 Å². The Morgan fingerprint density at radius 3 is 2.78 bits per heavy atom. The number of nitrogens with zero attached hydrogens (tertiary/aromatic N) is 2. The van der Waals surface area contributed by atoms with E-state index in [1.54, 1.807) is 4.90 Å². The number of imidazole rings is 1. The highest BCUT2D eigenvalue weighted by Crippen LogP contribution is 2.25. The van der Waals surface area contributed by atoms with Gasteiger partial charge in [-0.2, -0.15) is 0 Å². The molecule has 1 aliphatic rings. The van der Waals surface area contributed by atoms with Crippen molar-refractivity contribution in [3.8, 4) is 0 Å². The number of fused-ring (bicyclic) bond motifs is 1. The summed E-state index contributed by atoms with van der Waals surface area (Å²) in [4.78, 5) is 29.1. The van der Waals surface area contributed by atoms with E-state index in [-0.39, 0.29) is 24.2 Å². The van der Waals surface area contributed by atoms with Gasteiger partial charge in [-0.1, -0.05) is 12.1 Å². The lowest BCUT2D eigenvalue weighted by atomic mass is 10.0. The first-order valence-corrected chi connectivity index (χ1v) is 7.84. The average molecular weight is 318 g/mol. The predicted octanol–water partition coefficient (Wildman–Crippen LogP) is 0.467. The maximum Gasteiger partial charge on any atom is 0.326 e. The highest BCUT2D eigenvalue weighted by atomic mass is 16.5. The lowest BCUT2D eigenvalue weighted by Gasteiger charge is -2.33. The number of aromatic nitrogens is 2. The summed E-state index contributed by atoms with van der Waals surface area (Å²) in [5.74, 6) is -0.0865. The van der Waals surface area contributed by atoms with Crippen molar-refractivity contribution in [2.75, 3.05) is 26.8 Å². The zero-order chi connectivity index (χ0) is 16.4. The average Bonchev–Trinajstić information content (AvgIpc) is 2.90. The standard InChI is InChI=1S/C16H22N4O3/c1-23-10-12(17)15(21)19-8-6-11(7-9-19)20-14-5-3-2-4-13(14)18-16(20)22/h2-5,11-12H,6-10,17H2,1H3,(H,18,22). The quantitative estimate of drug-likeness (QED) is 0.857. The summed E-state index contributed by atoms with van der Waals surface area (Å²) in [5, 5.41) is 0. The van der Waals surface area contributed by atoms with Crippen LogP contribution in [0, 0.1) is 0 Å². The Hall–Kier alpha value is -2.12. The fourth-order valence-electron chi connectivity index (χ4n) is 3.27. The van der Waals surface area contributed by atoms with E-state index in [1.807, 2.05) is 28.8 Å². The van der Waals surface area contributed by atoms with Crippen molar-refractivity contribution in [3.63, 3.8) is 0 Å². The molecule has 0 spiro atoms. The number of amides is 1. The third kappa shape index (κ3) is 3.02. The molecule has 7 heteroatoms. The summed E-state index contributed by atoms with van der Waals surface area (Å²) in [6.45, 7) is 1.43. The van der Waals surface area contributed by atoms with Crippen LogP contribution in [0.5, 0.6) is 0 Å². The van der Waals surface area contributed by atoms with E-state index < -0.39 is 6.04 Å². The van der Waals surface area contributed by atoms with Crippen LogP contribution < -0.4 is 11.4 Å². The SMILES string of the molecule is COCC(N)C(=O)N1CCC(n2c(=O)[nH]c3ccccc32)CC1. The Balaban J connectivity index is 1.72. The van der Waals surface area contributed by atoms with Crippen molar-refractivity contribution >= 4 is 16.9 Å². The van der Waals surface area contributed by atoms with Crippen LogP contribution in [0.15, 0.2) is 29.1 Å². The van der Waals surface area contributed by atoms with Crippen LogP contribution in [0.25, 0.3) is 11.0 Å². The molecule has 1 aliphatic heterocycles. The van der Waals surface area contributed by atoms with Crippen LogP contribution in [0.3, 0.4) is 0 Å². The third-order valence-electron chi connectivity index (χ3n) is 4.43. The van der Waals surface area contributed by atoms with Crippen molar-refractivity contribution in [2.45, 2.75) is 24.9 Å². The lowest BCUT2D eigenvalue weighted by Crippen LogP contribution is -2.49. The number of piperidine rings is 1. The van der Waals surface area contributed by atoms with Crippen LogP contribution >= 0.6 is 0 Å². The number of hydrogen-bond donors (Lipinski definition) is 2. The van der Waals surface area contributed by atoms with Gasteiger partial charge in [-0.05, 0) is 25.0 Å². The minimum absolute atomic E-state index is 0.0865. The Morgan fingerprint density at radius 1 is 1.39 bits per heavy atom. The first kappa shape index (κ1) is 15.8. The van der Waals surface area contributed by atoms with Gasteiger partial charge in [-0.15, -0.1) is 0 Å². The highest BCUT2D eigenvalue weighted by molar-refractivity contribution is 5.82. The maximum absolute atomic E-state index is 12.2. The number of hydrogen-bond acceptors (Lipinski definition) is 4. The molecular weight excluding hydrogens is 296 g/mol. The number of H-pyrrole nitrogens is 1. The van der Waals surface area contributed by atoms with E-state index in [1.165, 1.54) is 7.11 Å². The number of carbonyl (C=O) groups is 1. The van der Waals surface area contributed by atoms with Crippen molar-refractivity contribution in [1.82, 2.24) is 14.5 Å². The van der Waals surface area contributed by atoms with Gasteiger partial charge in [0.1, 0.15) is 6.04 Å². The second-order valence-electron chi connectivity index (χ2n) is 5.94. The maximum atomic E-state index is 12.2. The number of rotatable bonds is 4. The summed E-state index contributed by atoms with van der Waals surface area (Å²) < 4.78 is 6.75. The van der Waals surface area contributed by atoms with Gasteiger partial charge in [0.25, 0.3) is 0 Å². The molecule has 3 rings (SSSR count). The largest absolute Gasteiger partial charge is 0.383 e. The van der Waals surface area contributed by atoms with Crippen molar-refractivity contribution < 1.29 is 9.53 Å². The molecule has 124 valence electrons. The smallest absolute Gasteiger partial charge is 0.326 e. The number of likely N-dealkylation sites (tertiary alicyclic amines) is 1. The number of benzene rings is 1. The predicted molar refractivity (Wildman–Crippen MR) is 87.3 cm³/mol. The van der Waals surface area contributed by atoms with Gasteiger partial charge in [-0.3, -0.25) is 9.36 Å². The van der Waals surface area contributed by atoms with Gasteiger partial charge >= 0.3 is 5.69 Å². The molecule has 0 saturated carbocycles. The van der Waals surface area contributed by atoms with E-state index >= 15 is 0 Å². The Morgan fingerprint density at radius 2 is 2.09 bits per heavy atom. The topological polar surface area (TPSA) is 93.3 Å². The summed E-state index contributed by atoms with van der Waals surface area (Å²) in [6, 6.07) is 7.15. The van der Waals surface area contributed by atoms with Crippen LogP contribution in [0.4, 0.5) is 0 Å². The molecule has 0 radical (unpaired) electrons. The summed E-state index contributed by atoms with van der Waals surface area (Å²) in [6.07, 6.45) is 1.49. The fourth-order valence-corrected chi connectivity index (χ4v) is 3.27. The molecule has 1 atom stereocenters. The summed E-state index contributed by atoms with van der Waals surface area (Å²) >= 11 is 0. The highest BCUT2D eigenvalue weighted by Gasteiger charge is 2.28. The molecule has 0 bridgehead atoms. The minimum Gasteiger partial charge on any atom is -0.383 e. The van der Waals surface area contributed by atoms with Crippen LogP contribution in [0.2, 0.25) is 0 Å². The van der Waals surface area contributed by atoms with Gasteiger partial charge in [0.2, 0.25) is 5.91 Å². The number of para-hydroxylation sites is 2. The number of methoxy groups -OCH3 is 1. The van der Waals surface area contributed by atoms with E-state index in [9.17, 15) is 9.59 Å². The molecule has 1 fully saturated rings. The molecule has 1 aromatic carbocycles. The van der Waals surface area contributed by atoms with Crippen molar-refractivity contribution in [3.05, 3.63) is 34.7 Å². The lowest BCUT2D eigenvalue weighted by molar-refractivity contribution is -0.135. The van der Waals surface area contributed by atoms with Gasteiger partial charge in [0.05, 0.1) is 17.6 Å². The molecule has 1 aromatic heterocycles. The van der Waals surface area contributed by atoms with E-state index in [0.29, 0.717) is 13.1 Å². The first-order chi connectivity index (χ1) is 11.1. The zero-order valence-electron chi connectivity index (χ0n) is 13.2. The van der Waals surface area contributed by atoms with Gasteiger partial charge in [0, 0.05) is 26.2 Å². The molecular formula is C16H22N4O3. The number of ether oxygens (including phenoxy) is 1. The van der Waals surface area contributed by atoms with Gasteiger partial charge in [0.15, 0.2) is 0 Å². The Kier molecular flexibility index (Phi) is 4.49. The molecule has 1 amide bonds. The van der Waals surface area contributed by atoms with Crippen LogP contribution in [-0.4, -0.2) is 53.2 Å². The molecule has 2 aromatic rings. The molecule has 7 nitrogen and oxygen atoms in total. The summed E-state index contributed by atoms with van der Waals surface area (Å²) in [5.41, 5.74) is 7.48. The molecule has 23 heavy (non-hydrogen) atoms. The molecule has 1 unspecified atom stereocenters. The monoisotopic (exact) mass is 318 g/mol. The van der Waals surface area contributed by atoms with Crippen LogP contribution in [0.1, 0.15) is 18.9 Å². The third-order valence-corrected chi connectivity index (χ3v) is 4.43. The minimum atomic E-state index is -0.618. The first-order valence-electron chi connectivity index (χ1n) is 7.84. The second-order valence-corrected chi connectivity index (χ2v) is 5.94. The second kappa shape index (κ2) is 6.55. The summed E-state index contributed by atoms with van der Waals surface area (Å²) in [7, 11) is 1.53. The molecule has 2 heterocycles. The number of nitrogens with one attached hydrogen (secondary N) is 1. The molecule has 3 N–H and O–H groups in total. The number of aromatic amines is 1. The fraction of sp³-hybridized carbons (Fsp3) is 0.500. The van der Waals surface area contributed by atoms with Crippen molar-refractivity contribution in [2.24, 2.45) is 5.73 Å². The zero-order valence-corrected chi connectivity index (χ0v) is 13.2. The Bertz CT molecular complexity index is 743. The van der Waals surface area contributed by atoms with Gasteiger partial charge in [-0.25, -0.2) is 4.79 Å². The molecule has 1 saturated heterocycles. The van der Waals surface area contributed by atoms with E-state index in [0.717, 1.165) is 23.9 Å². The molecule has 0 aliphatic carbocycles.